The molecule has 2 bridgehead atoms. The predicted octanol–water partition coefficient (Wildman–Crippen LogP) is 3.95. The highest BCUT2D eigenvalue weighted by Gasteiger charge is 2.51. The van der Waals surface area contributed by atoms with E-state index in [-0.39, 0.29) is 11.2 Å². The highest BCUT2D eigenvalue weighted by atomic mass is 16.3. The first-order valence-electron chi connectivity index (χ1n) is 7.44. The van der Waals surface area contributed by atoms with E-state index in [1.165, 1.54) is 18.1 Å². The molecule has 2 aromatic rings. The Balaban J connectivity index is 1.87. The number of rotatable bonds is 1. The van der Waals surface area contributed by atoms with Crippen molar-refractivity contribution in [2.45, 2.75) is 26.7 Å². The van der Waals surface area contributed by atoms with Crippen LogP contribution in [0.3, 0.4) is 0 Å². The Kier molecular flexibility index (Phi) is 2.42. The van der Waals surface area contributed by atoms with Crippen LogP contribution in [0.15, 0.2) is 39.6 Å². The molecule has 21 heavy (non-hydrogen) atoms. The maximum atomic E-state index is 12.3. The maximum Gasteiger partial charge on any atom is 0.193 e. The van der Waals surface area contributed by atoms with Gasteiger partial charge >= 0.3 is 0 Å². The third-order valence-electron chi connectivity index (χ3n) is 5.46. The minimum Gasteiger partial charge on any atom is -0.508 e. The average Bonchev–Trinajstić information content (AvgIpc) is 2.47. The molecule has 1 aromatic heterocycles. The number of hydrogen-bond donors (Lipinski definition) is 1. The fraction of sp³-hybridized carbons (Fsp3) is 0.389. The van der Waals surface area contributed by atoms with Crippen LogP contribution in [0.25, 0.3) is 16.5 Å². The molecule has 0 radical (unpaired) electrons. The Bertz CT molecular complexity index is 826. The summed E-state index contributed by atoms with van der Waals surface area (Å²) in [7, 11) is 0. The zero-order valence-electron chi connectivity index (χ0n) is 12.2. The molecule has 1 aromatic carbocycles. The van der Waals surface area contributed by atoms with Gasteiger partial charge in [0.1, 0.15) is 17.1 Å². The second-order valence-corrected chi connectivity index (χ2v) is 6.86. The number of benzene rings is 1. The summed E-state index contributed by atoms with van der Waals surface area (Å²) in [5.74, 6) is 2.01. The van der Waals surface area contributed by atoms with Gasteiger partial charge in [-0.05, 0) is 53.9 Å². The number of aromatic hydroxyl groups is 1. The Morgan fingerprint density at radius 2 is 2.10 bits per heavy atom. The van der Waals surface area contributed by atoms with Crippen molar-refractivity contribution >= 4 is 16.5 Å². The Hall–Kier alpha value is -2.03. The lowest BCUT2D eigenvalue weighted by molar-refractivity contribution is 0.0102. The van der Waals surface area contributed by atoms with E-state index in [9.17, 15) is 9.90 Å². The first-order chi connectivity index (χ1) is 9.96. The van der Waals surface area contributed by atoms with Crippen LogP contribution >= 0.6 is 0 Å². The lowest BCUT2D eigenvalue weighted by Gasteiger charge is -2.56. The van der Waals surface area contributed by atoms with Gasteiger partial charge in [-0.15, -0.1) is 0 Å². The van der Waals surface area contributed by atoms with Crippen LogP contribution in [0.1, 0.15) is 32.4 Å². The summed E-state index contributed by atoms with van der Waals surface area (Å²) < 4.78 is 5.95. The molecule has 1 fully saturated rings. The molecule has 1 saturated carbocycles. The van der Waals surface area contributed by atoms with Gasteiger partial charge in [0.2, 0.25) is 0 Å². The van der Waals surface area contributed by atoms with Gasteiger partial charge in [0, 0.05) is 6.07 Å². The number of hydrogen-bond acceptors (Lipinski definition) is 3. The zero-order valence-corrected chi connectivity index (χ0v) is 12.2. The van der Waals surface area contributed by atoms with Gasteiger partial charge in [0.25, 0.3) is 0 Å². The quantitative estimate of drug-likeness (QED) is 0.861. The van der Waals surface area contributed by atoms with Gasteiger partial charge in [-0.3, -0.25) is 4.79 Å². The van der Waals surface area contributed by atoms with Gasteiger partial charge in [-0.25, -0.2) is 0 Å². The highest BCUT2D eigenvalue weighted by molar-refractivity contribution is 5.80. The van der Waals surface area contributed by atoms with E-state index in [0.717, 1.165) is 12.3 Å². The molecule has 1 N–H and O–H groups in total. The van der Waals surface area contributed by atoms with E-state index in [1.54, 1.807) is 18.2 Å². The van der Waals surface area contributed by atoms with Crippen LogP contribution in [-0.4, -0.2) is 5.11 Å². The van der Waals surface area contributed by atoms with Crippen molar-refractivity contribution in [2.75, 3.05) is 0 Å². The number of phenolic OH excluding ortho intramolecular Hbond substituents is 1. The monoisotopic (exact) mass is 282 g/mol. The van der Waals surface area contributed by atoms with Crippen molar-refractivity contribution in [3.63, 3.8) is 0 Å². The molecular formula is C18H18O3. The molecule has 3 aliphatic carbocycles. The summed E-state index contributed by atoms with van der Waals surface area (Å²) in [4.78, 5) is 12.3. The van der Waals surface area contributed by atoms with Gasteiger partial charge < -0.3 is 9.52 Å². The number of phenols is 1. The van der Waals surface area contributed by atoms with Crippen LogP contribution < -0.4 is 5.43 Å². The van der Waals surface area contributed by atoms with Crippen LogP contribution in [0, 0.1) is 17.3 Å². The van der Waals surface area contributed by atoms with Crippen LogP contribution in [0.2, 0.25) is 0 Å². The predicted molar refractivity (Wildman–Crippen MR) is 82.1 cm³/mol. The molecule has 0 saturated heterocycles. The zero-order chi connectivity index (χ0) is 14.8. The largest absolute Gasteiger partial charge is 0.508 e. The molecule has 3 nitrogen and oxygen atoms in total. The molecule has 0 amide bonds. The van der Waals surface area contributed by atoms with Gasteiger partial charge in [0.05, 0.1) is 5.39 Å². The van der Waals surface area contributed by atoms with Gasteiger partial charge in [-0.1, -0.05) is 19.9 Å². The Morgan fingerprint density at radius 1 is 1.29 bits per heavy atom. The molecular weight excluding hydrogens is 264 g/mol. The van der Waals surface area contributed by atoms with Crippen LogP contribution in [0.4, 0.5) is 0 Å². The van der Waals surface area contributed by atoms with Crippen LogP contribution in [-0.2, 0) is 0 Å². The summed E-state index contributed by atoms with van der Waals surface area (Å²) in [6.45, 7) is 4.60. The van der Waals surface area contributed by atoms with Crippen molar-refractivity contribution in [2.24, 2.45) is 17.3 Å². The highest BCUT2D eigenvalue weighted by Crippen LogP contribution is 2.61. The minimum absolute atomic E-state index is 0.0856. The van der Waals surface area contributed by atoms with E-state index in [4.69, 9.17) is 4.42 Å². The van der Waals surface area contributed by atoms with E-state index in [1.807, 2.05) is 0 Å². The molecule has 1 heterocycles. The number of allylic oxidation sites excluding steroid dienone is 2. The lowest BCUT2D eigenvalue weighted by atomic mass is 9.48. The van der Waals surface area contributed by atoms with Crippen molar-refractivity contribution in [3.05, 3.63) is 46.3 Å². The van der Waals surface area contributed by atoms with Crippen molar-refractivity contribution in [1.82, 2.24) is 0 Å². The first kappa shape index (κ1) is 12.7. The van der Waals surface area contributed by atoms with E-state index in [0.29, 0.717) is 28.1 Å². The summed E-state index contributed by atoms with van der Waals surface area (Å²) >= 11 is 0. The normalized spacial score (nSPS) is 26.3. The summed E-state index contributed by atoms with van der Waals surface area (Å²) in [5, 5.41) is 9.93. The summed E-state index contributed by atoms with van der Waals surface area (Å²) in [5.41, 5.74) is 1.92. The fourth-order valence-corrected chi connectivity index (χ4v) is 3.91. The minimum atomic E-state index is -0.0951. The molecule has 3 heteroatoms. The molecule has 1 unspecified atom stereocenters. The third kappa shape index (κ3) is 1.70. The SMILES string of the molecule is CC1(C)C2CC=C(c3cc(=O)c4cc(O)ccc4o3)[C@H]1C2. The van der Waals surface area contributed by atoms with Crippen molar-refractivity contribution in [3.8, 4) is 5.75 Å². The average molecular weight is 282 g/mol. The molecule has 108 valence electrons. The second-order valence-electron chi connectivity index (χ2n) is 6.86. The van der Waals surface area contributed by atoms with Crippen molar-refractivity contribution in [1.29, 1.82) is 0 Å². The lowest BCUT2D eigenvalue weighted by Crippen LogP contribution is -2.47. The third-order valence-corrected chi connectivity index (χ3v) is 5.46. The van der Waals surface area contributed by atoms with Crippen molar-refractivity contribution < 1.29 is 9.52 Å². The van der Waals surface area contributed by atoms with E-state index >= 15 is 0 Å². The fourth-order valence-electron chi connectivity index (χ4n) is 3.91. The molecule has 5 rings (SSSR count). The maximum absolute atomic E-state index is 12.3. The van der Waals surface area contributed by atoms with Gasteiger partial charge in [0.15, 0.2) is 5.43 Å². The molecule has 3 aliphatic rings. The first-order valence-corrected chi connectivity index (χ1v) is 7.44. The molecule has 0 spiro atoms. The summed E-state index contributed by atoms with van der Waals surface area (Å²) in [6, 6.07) is 6.24. The smallest absolute Gasteiger partial charge is 0.193 e. The van der Waals surface area contributed by atoms with E-state index < -0.39 is 0 Å². The van der Waals surface area contributed by atoms with Gasteiger partial charge in [-0.2, -0.15) is 0 Å². The van der Waals surface area contributed by atoms with Crippen LogP contribution in [0.5, 0.6) is 5.75 Å². The second kappa shape index (κ2) is 4.00. The standard InChI is InChI=1S/C18H18O3/c1-18(2)10-3-5-12(14(18)7-10)17-9-15(20)13-8-11(19)4-6-16(13)21-17/h4-6,8-10,14,19H,3,7H2,1-2H3/t10?,14-/m1/s1. The Labute approximate surface area is 122 Å². The number of fused-ring (bicyclic) bond motifs is 2. The van der Waals surface area contributed by atoms with E-state index in [2.05, 4.69) is 19.9 Å². The molecule has 0 aliphatic heterocycles. The molecule has 2 atom stereocenters. The Morgan fingerprint density at radius 3 is 2.81 bits per heavy atom. The topological polar surface area (TPSA) is 50.4 Å². The summed E-state index contributed by atoms with van der Waals surface area (Å²) in [6.07, 6.45) is 4.49.